The van der Waals surface area contributed by atoms with E-state index in [9.17, 15) is 21.6 Å². The van der Waals surface area contributed by atoms with Crippen molar-refractivity contribution >= 4 is 43.4 Å². The summed E-state index contributed by atoms with van der Waals surface area (Å²) in [4.78, 5) is 15.8. The van der Waals surface area contributed by atoms with E-state index in [1.54, 1.807) is 11.0 Å². The second kappa shape index (κ2) is 11.5. The maximum Gasteiger partial charge on any atom is 0.261 e. The van der Waals surface area contributed by atoms with Crippen LogP contribution in [0.2, 0.25) is 0 Å². The molecule has 0 bridgehead atoms. The lowest BCUT2D eigenvalue weighted by molar-refractivity contribution is 0.0730. The number of carbonyl (C=O) groups is 1. The van der Waals surface area contributed by atoms with Crippen LogP contribution >= 0.6 is 11.8 Å². The number of nitrogens with zero attached hydrogens (tertiary/aromatic N) is 2. The minimum atomic E-state index is -4.01. The molecule has 2 aliphatic heterocycles. The topological polar surface area (TPSA) is 113 Å². The van der Waals surface area contributed by atoms with Crippen molar-refractivity contribution in [2.45, 2.75) is 40.4 Å². The van der Waals surface area contributed by atoms with Gasteiger partial charge in [-0.25, -0.2) is 16.8 Å². The predicted octanol–water partition coefficient (Wildman–Crippen LogP) is 3.25. The highest BCUT2D eigenvalue weighted by Gasteiger charge is 2.27. The lowest BCUT2D eigenvalue weighted by atomic mass is 10.2. The Bertz CT molecular complexity index is 1280. The number of rotatable bonds is 7. The van der Waals surface area contributed by atoms with E-state index < -0.39 is 20.0 Å². The first-order valence-electron chi connectivity index (χ1n) is 11.9. The van der Waals surface area contributed by atoms with Gasteiger partial charge in [0.2, 0.25) is 10.0 Å². The molecule has 0 aliphatic carbocycles. The van der Waals surface area contributed by atoms with E-state index in [1.807, 2.05) is 6.26 Å². The van der Waals surface area contributed by atoms with Crippen molar-refractivity contribution in [1.82, 2.24) is 9.21 Å². The summed E-state index contributed by atoms with van der Waals surface area (Å²) in [6.45, 7) is 2.58. The van der Waals surface area contributed by atoms with Crippen molar-refractivity contribution in [3.63, 3.8) is 0 Å². The molecule has 2 saturated heterocycles. The van der Waals surface area contributed by atoms with Gasteiger partial charge in [-0.1, -0.05) is 12.8 Å². The molecule has 2 fully saturated rings. The molecule has 1 N–H and O–H groups in total. The summed E-state index contributed by atoms with van der Waals surface area (Å²) in [7, 11) is -7.69. The fourth-order valence-electron chi connectivity index (χ4n) is 4.31. The molecule has 0 atom stereocenters. The van der Waals surface area contributed by atoms with E-state index in [4.69, 9.17) is 4.74 Å². The third-order valence-corrected chi connectivity index (χ3v) is 10.4. The van der Waals surface area contributed by atoms with Gasteiger partial charge in [0.25, 0.3) is 15.9 Å². The van der Waals surface area contributed by atoms with Crippen LogP contribution in [0.15, 0.2) is 57.2 Å². The smallest absolute Gasteiger partial charge is 0.261 e. The highest BCUT2D eigenvalue weighted by Crippen LogP contribution is 2.28. The Balaban J connectivity index is 1.54. The zero-order chi connectivity index (χ0) is 25.8. The number of likely N-dealkylation sites (tertiary alicyclic amines) is 1. The maximum absolute atomic E-state index is 13.3. The highest BCUT2D eigenvalue weighted by atomic mass is 32.2. The predicted molar refractivity (Wildman–Crippen MR) is 139 cm³/mol. The number of hydrogen-bond acceptors (Lipinski definition) is 7. The Morgan fingerprint density at radius 3 is 2.08 bits per heavy atom. The first-order chi connectivity index (χ1) is 17.2. The molecule has 2 heterocycles. The van der Waals surface area contributed by atoms with Crippen LogP contribution in [0.5, 0.6) is 0 Å². The van der Waals surface area contributed by atoms with E-state index >= 15 is 0 Å². The Labute approximate surface area is 217 Å². The average Bonchev–Trinajstić information content (AvgIpc) is 3.18. The van der Waals surface area contributed by atoms with Crippen LogP contribution in [0.4, 0.5) is 5.69 Å². The lowest BCUT2D eigenvalue weighted by Crippen LogP contribution is -2.40. The van der Waals surface area contributed by atoms with Crippen molar-refractivity contribution in [2.75, 3.05) is 50.4 Å². The minimum absolute atomic E-state index is 0.0245. The minimum Gasteiger partial charge on any atom is -0.379 e. The summed E-state index contributed by atoms with van der Waals surface area (Å²) in [6.07, 6.45) is 5.91. The molecule has 1 amide bonds. The molecule has 2 aromatic rings. The molecule has 36 heavy (non-hydrogen) atoms. The number of sulfonamides is 2. The number of ether oxygens (including phenoxy) is 1. The molecule has 0 spiro atoms. The standard InChI is InChI=1S/C24H31N3O6S3/c1-34-23-11-10-21(18-22(23)24(28)26-12-4-2-3-5-13-26)35(29,30)25-19-6-8-20(9-7-19)36(31,32)27-14-16-33-17-15-27/h6-11,18,25H,2-5,12-17H2,1H3. The molecule has 2 aliphatic rings. The van der Waals surface area contributed by atoms with Gasteiger partial charge in [0, 0.05) is 36.8 Å². The lowest BCUT2D eigenvalue weighted by Gasteiger charge is -2.26. The van der Waals surface area contributed by atoms with Crippen molar-refractivity contribution in [3.8, 4) is 0 Å². The van der Waals surface area contributed by atoms with Gasteiger partial charge in [-0.05, 0) is 61.6 Å². The molecule has 0 unspecified atom stereocenters. The fourth-order valence-corrected chi connectivity index (χ4v) is 7.37. The summed E-state index contributed by atoms with van der Waals surface area (Å²) in [5.41, 5.74) is 0.601. The van der Waals surface area contributed by atoms with Crippen LogP contribution < -0.4 is 4.72 Å². The first-order valence-corrected chi connectivity index (χ1v) is 16.1. The first kappa shape index (κ1) is 26.9. The molecule has 2 aromatic carbocycles. The van der Waals surface area contributed by atoms with E-state index in [0.29, 0.717) is 31.9 Å². The molecule has 196 valence electrons. The normalized spacial score (nSPS) is 18.0. The van der Waals surface area contributed by atoms with Crippen LogP contribution in [0.1, 0.15) is 36.0 Å². The number of anilines is 1. The summed E-state index contributed by atoms with van der Waals surface area (Å²) in [5.74, 6) is -0.157. The largest absolute Gasteiger partial charge is 0.379 e. The van der Waals surface area contributed by atoms with Gasteiger partial charge < -0.3 is 9.64 Å². The zero-order valence-corrected chi connectivity index (χ0v) is 22.6. The number of benzene rings is 2. The molecule has 0 saturated carbocycles. The molecule has 12 heteroatoms. The Morgan fingerprint density at radius 1 is 0.861 bits per heavy atom. The number of carbonyl (C=O) groups excluding carboxylic acids is 1. The van der Waals surface area contributed by atoms with E-state index in [-0.39, 0.29) is 34.5 Å². The van der Waals surface area contributed by atoms with Crippen molar-refractivity contribution in [1.29, 1.82) is 0 Å². The van der Waals surface area contributed by atoms with Gasteiger partial charge >= 0.3 is 0 Å². The van der Waals surface area contributed by atoms with Gasteiger partial charge in [-0.3, -0.25) is 9.52 Å². The molecule has 0 radical (unpaired) electrons. The second-order valence-electron chi connectivity index (χ2n) is 8.71. The third kappa shape index (κ3) is 6.05. The van der Waals surface area contributed by atoms with Crippen molar-refractivity contribution < 1.29 is 26.4 Å². The summed E-state index contributed by atoms with van der Waals surface area (Å²) >= 11 is 1.40. The highest BCUT2D eigenvalue weighted by molar-refractivity contribution is 7.98. The van der Waals surface area contributed by atoms with E-state index in [1.165, 1.54) is 52.5 Å². The van der Waals surface area contributed by atoms with Crippen LogP contribution in [0.25, 0.3) is 0 Å². The summed E-state index contributed by atoms with van der Waals surface area (Å²) in [5, 5.41) is 0. The monoisotopic (exact) mass is 553 g/mol. The zero-order valence-electron chi connectivity index (χ0n) is 20.2. The summed E-state index contributed by atoms with van der Waals surface area (Å²) < 4.78 is 61.0. The third-order valence-electron chi connectivity index (χ3n) is 6.32. The second-order valence-corrected chi connectivity index (χ2v) is 13.2. The molecular formula is C24H31N3O6S3. The number of nitrogens with one attached hydrogen (secondary N) is 1. The van der Waals surface area contributed by atoms with Crippen LogP contribution in [-0.2, 0) is 24.8 Å². The van der Waals surface area contributed by atoms with Gasteiger partial charge in [-0.2, -0.15) is 4.31 Å². The molecule has 0 aromatic heterocycles. The van der Waals surface area contributed by atoms with Crippen LogP contribution in [0.3, 0.4) is 0 Å². The van der Waals surface area contributed by atoms with Gasteiger partial charge in [0.1, 0.15) is 0 Å². The number of morpholine rings is 1. The van der Waals surface area contributed by atoms with E-state index in [0.717, 1.165) is 30.6 Å². The molecule has 9 nitrogen and oxygen atoms in total. The van der Waals surface area contributed by atoms with Crippen molar-refractivity contribution in [3.05, 3.63) is 48.0 Å². The molecule has 4 rings (SSSR count). The summed E-state index contributed by atoms with van der Waals surface area (Å²) in [6, 6.07) is 10.2. The van der Waals surface area contributed by atoms with Crippen LogP contribution in [-0.4, -0.2) is 77.6 Å². The number of thioether (sulfide) groups is 1. The molecular weight excluding hydrogens is 522 g/mol. The Hall–Kier alpha value is -2.12. The van der Waals surface area contributed by atoms with Crippen LogP contribution in [0, 0.1) is 0 Å². The average molecular weight is 554 g/mol. The SMILES string of the molecule is CSc1ccc(S(=O)(=O)Nc2ccc(S(=O)(=O)N3CCOCC3)cc2)cc1C(=O)N1CCCCCC1. The van der Waals surface area contributed by atoms with Gasteiger partial charge in [-0.15, -0.1) is 11.8 Å². The quantitative estimate of drug-likeness (QED) is 0.524. The van der Waals surface area contributed by atoms with Gasteiger partial charge in [0.15, 0.2) is 0 Å². The number of amides is 1. The van der Waals surface area contributed by atoms with Gasteiger partial charge in [0.05, 0.1) is 28.6 Å². The Kier molecular flexibility index (Phi) is 8.61. The maximum atomic E-state index is 13.3. The van der Waals surface area contributed by atoms with E-state index in [2.05, 4.69) is 4.72 Å². The van der Waals surface area contributed by atoms with Crippen molar-refractivity contribution in [2.24, 2.45) is 0 Å². The fraction of sp³-hybridized carbons (Fsp3) is 0.458. The number of hydrogen-bond donors (Lipinski definition) is 1. The Morgan fingerprint density at radius 2 is 1.47 bits per heavy atom.